The van der Waals surface area contributed by atoms with Gasteiger partial charge >= 0.3 is 0 Å². The van der Waals surface area contributed by atoms with Gasteiger partial charge in [-0.1, -0.05) is 18.2 Å². The third kappa shape index (κ3) is 3.84. The molecule has 0 fully saturated rings. The first-order valence-electron chi connectivity index (χ1n) is 7.09. The van der Waals surface area contributed by atoms with Crippen molar-refractivity contribution < 1.29 is 9.53 Å². The number of rotatable bonds is 6. The first-order chi connectivity index (χ1) is 10.1. The molecule has 5 heteroatoms. The summed E-state index contributed by atoms with van der Waals surface area (Å²) in [4.78, 5) is 12.1. The maximum atomic E-state index is 12.1. The Bertz CT molecular complexity index is 600. The van der Waals surface area contributed by atoms with E-state index in [1.807, 2.05) is 45.0 Å². The highest BCUT2D eigenvalue weighted by molar-refractivity contribution is 5.79. The molecule has 0 aliphatic carbocycles. The first kappa shape index (κ1) is 15.1. The molecule has 1 heterocycles. The van der Waals surface area contributed by atoms with Crippen molar-refractivity contribution >= 4 is 5.91 Å². The average Bonchev–Trinajstić information content (AvgIpc) is 2.78. The van der Waals surface area contributed by atoms with Crippen LogP contribution in [0, 0.1) is 13.8 Å². The lowest BCUT2D eigenvalue weighted by Gasteiger charge is -2.11. The van der Waals surface area contributed by atoms with Gasteiger partial charge in [-0.05, 0) is 26.8 Å². The Labute approximate surface area is 124 Å². The van der Waals surface area contributed by atoms with Crippen LogP contribution >= 0.6 is 0 Å². The fourth-order valence-corrected chi connectivity index (χ4v) is 2.20. The molecule has 0 unspecified atom stereocenters. The second-order valence-corrected chi connectivity index (χ2v) is 4.91. The molecule has 2 rings (SSSR count). The van der Waals surface area contributed by atoms with Crippen LogP contribution in [0.4, 0.5) is 0 Å². The summed E-state index contributed by atoms with van der Waals surface area (Å²) >= 11 is 0. The van der Waals surface area contributed by atoms with E-state index in [1.54, 1.807) is 0 Å². The van der Waals surface area contributed by atoms with Crippen LogP contribution in [0.25, 0.3) is 0 Å². The number of ether oxygens (including phenoxy) is 1. The molecular weight excluding hydrogens is 266 g/mol. The second kappa shape index (κ2) is 6.92. The van der Waals surface area contributed by atoms with Gasteiger partial charge in [0.15, 0.2) is 0 Å². The van der Waals surface area contributed by atoms with Crippen molar-refractivity contribution in [1.29, 1.82) is 0 Å². The van der Waals surface area contributed by atoms with Crippen LogP contribution in [-0.4, -0.2) is 22.7 Å². The summed E-state index contributed by atoms with van der Waals surface area (Å²) in [5.74, 6) is 0.796. The molecule has 0 aliphatic heterocycles. The van der Waals surface area contributed by atoms with Gasteiger partial charge in [-0.2, -0.15) is 5.10 Å². The standard InChI is InChI=1S/C16H21N3O2/c1-4-21-15-8-6-5-7-13(15)10-17-16(20)9-14-11(2)18-19-12(14)3/h5-8H,4,9-10H2,1-3H3,(H,17,20)(H,18,19). The Morgan fingerprint density at radius 2 is 2.10 bits per heavy atom. The van der Waals surface area contributed by atoms with E-state index in [2.05, 4.69) is 15.5 Å². The van der Waals surface area contributed by atoms with Crippen molar-refractivity contribution in [2.45, 2.75) is 33.7 Å². The third-order valence-electron chi connectivity index (χ3n) is 3.37. The number of benzene rings is 1. The van der Waals surface area contributed by atoms with E-state index >= 15 is 0 Å². The number of hydrogen-bond donors (Lipinski definition) is 2. The molecule has 0 radical (unpaired) electrons. The summed E-state index contributed by atoms with van der Waals surface area (Å²) in [5, 5.41) is 9.92. The molecule has 0 bridgehead atoms. The minimum absolute atomic E-state index is 0.0195. The predicted octanol–water partition coefficient (Wildman–Crippen LogP) is 2.28. The van der Waals surface area contributed by atoms with Gasteiger partial charge in [-0.15, -0.1) is 0 Å². The Kier molecular flexibility index (Phi) is 4.98. The summed E-state index contributed by atoms with van der Waals surface area (Å²) in [6, 6.07) is 7.73. The SMILES string of the molecule is CCOc1ccccc1CNC(=O)Cc1c(C)n[nH]c1C. The Morgan fingerprint density at radius 3 is 2.76 bits per heavy atom. The fraction of sp³-hybridized carbons (Fsp3) is 0.375. The number of para-hydroxylation sites is 1. The topological polar surface area (TPSA) is 67.0 Å². The number of H-pyrrole nitrogens is 1. The zero-order valence-corrected chi connectivity index (χ0v) is 12.7. The van der Waals surface area contributed by atoms with Gasteiger partial charge in [0.05, 0.1) is 18.7 Å². The number of hydrogen-bond acceptors (Lipinski definition) is 3. The molecule has 0 atom stereocenters. The van der Waals surface area contributed by atoms with Crippen LogP contribution < -0.4 is 10.1 Å². The van der Waals surface area contributed by atoms with E-state index < -0.39 is 0 Å². The summed E-state index contributed by atoms with van der Waals surface area (Å²) in [7, 11) is 0. The van der Waals surface area contributed by atoms with E-state index in [-0.39, 0.29) is 5.91 Å². The molecule has 0 spiro atoms. The largest absolute Gasteiger partial charge is 0.494 e. The van der Waals surface area contributed by atoms with Crippen LogP contribution in [0.2, 0.25) is 0 Å². The number of aromatic nitrogens is 2. The van der Waals surface area contributed by atoms with Crippen molar-refractivity contribution in [3.05, 3.63) is 46.8 Å². The van der Waals surface area contributed by atoms with E-state index in [4.69, 9.17) is 4.74 Å². The van der Waals surface area contributed by atoms with Crippen molar-refractivity contribution in [2.24, 2.45) is 0 Å². The number of aryl methyl sites for hydroxylation is 2. The van der Waals surface area contributed by atoms with E-state index in [1.165, 1.54) is 0 Å². The first-order valence-corrected chi connectivity index (χ1v) is 7.09. The van der Waals surface area contributed by atoms with Gasteiger partial charge in [0.1, 0.15) is 5.75 Å². The highest BCUT2D eigenvalue weighted by Crippen LogP contribution is 2.17. The summed E-state index contributed by atoms with van der Waals surface area (Å²) in [6.07, 6.45) is 0.338. The van der Waals surface area contributed by atoms with Crippen molar-refractivity contribution in [3.63, 3.8) is 0 Å². The zero-order chi connectivity index (χ0) is 15.2. The highest BCUT2D eigenvalue weighted by Gasteiger charge is 2.12. The van der Waals surface area contributed by atoms with Crippen LogP contribution in [0.15, 0.2) is 24.3 Å². The molecule has 0 aliphatic rings. The van der Waals surface area contributed by atoms with E-state index in [0.29, 0.717) is 19.6 Å². The van der Waals surface area contributed by atoms with Crippen LogP contribution in [0.3, 0.4) is 0 Å². The molecule has 1 aromatic heterocycles. The quantitative estimate of drug-likeness (QED) is 0.856. The molecular formula is C16H21N3O2. The molecule has 2 aromatic rings. The van der Waals surface area contributed by atoms with Gasteiger partial charge in [0.25, 0.3) is 0 Å². The normalized spacial score (nSPS) is 10.4. The lowest BCUT2D eigenvalue weighted by atomic mass is 10.1. The lowest BCUT2D eigenvalue weighted by molar-refractivity contribution is -0.120. The Morgan fingerprint density at radius 1 is 1.33 bits per heavy atom. The Hall–Kier alpha value is -2.30. The minimum atomic E-state index is -0.0195. The van der Waals surface area contributed by atoms with Crippen molar-refractivity contribution in [1.82, 2.24) is 15.5 Å². The van der Waals surface area contributed by atoms with Crippen LogP contribution in [0.5, 0.6) is 5.75 Å². The van der Waals surface area contributed by atoms with E-state index in [9.17, 15) is 4.79 Å². The monoisotopic (exact) mass is 287 g/mol. The van der Waals surface area contributed by atoms with Gasteiger partial charge in [-0.3, -0.25) is 9.89 Å². The van der Waals surface area contributed by atoms with E-state index in [0.717, 1.165) is 28.3 Å². The molecule has 0 saturated heterocycles. The molecule has 112 valence electrons. The summed E-state index contributed by atoms with van der Waals surface area (Å²) in [5.41, 5.74) is 3.76. The smallest absolute Gasteiger partial charge is 0.224 e. The van der Waals surface area contributed by atoms with Crippen LogP contribution in [-0.2, 0) is 17.8 Å². The average molecular weight is 287 g/mol. The van der Waals surface area contributed by atoms with Gasteiger partial charge < -0.3 is 10.1 Å². The number of carbonyl (C=O) groups is 1. The lowest BCUT2D eigenvalue weighted by Crippen LogP contribution is -2.25. The highest BCUT2D eigenvalue weighted by atomic mass is 16.5. The molecule has 5 nitrogen and oxygen atoms in total. The molecule has 0 saturated carbocycles. The van der Waals surface area contributed by atoms with Crippen molar-refractivity contribution in [3.8, 4) is 5.75 Å². The number of nitrogens with one attached hydrogen (secondary N) is 2. The molecule has 2 N–H and O–H groups in total. The zero-order valence-electron chi connectivity index (χ0n) is 12.7. The third-order valence-corrected chi connectivity index (χ3v) is 3.37. The number of nitrogens with zero attached hydrogens (tertiary/aromatic N) is 1. The number of aromatic amines is 1. The number of carbonyl (C=O) groups excluding carboxylic acids is 1. The van der Waals surface area contributed by atoms with Gasteiger partial charge in [0.2, 0.25) is 5.91 Å². The number of amides is 1. The van der Waals surface area contributed by atoms with Crippen molar-refractivity contribution in [2.75, 3.05) is 6.61 Å². The van der Waals surface area contributed by atoms with Crippen LogP contribution in [0.1, 0.15) is 29.4 Å². The van der Waals surface area contributed by atoms with Gasteiger partial charge in [-0.25, -0.2) is 0 Å². The Balaban J connectivity index is 1.96. The maximum Gasteiger partial charge on any atom is 0.224 e. The summed E-state index contributed by atoms with van der Waals surface area (Å²) in [6.45, 7) is 6.84. The molecule has 1 amide bonds. The molecule has 21 heavy (non-hydrogen) atoms. The summed E-state index contributed by atoms with van der Waals surface area (Å²) < 4.78 is 5.55. The maximum absolute atomic E-state index is 12.1. The van der Waals surface area contributed by atoms with Gasteiger partial charge in [0, 0.05) is 23.4 Å². The minimum Gasteiger partial charge on any atom is -0.494 e. The molecule has 1 aromatic carbocycles. The predicted molar refractivity (Wildman–Crippen MR) is 81.2 cm³/mol. The second-order valence-electron chi connectivity index (χ2n) is 4.91. The fourth-order valence-electron chi connectivity index (χ4n) is 2.20.